The monoisotopic (exact) mass is 198 g/mol. The Balaban J connectivity index is 2.69. The van der Waals surface area contributed by atoms with Gasteiger partial charge in [-0.3, -0.25) is 0 Å². The molecule has 1 saturated carbocycles. The standard InChI is InChI=1S/C13H26O/c1-5-7-11(3)13(14)9-6-8-10(2)12(13)4/h10-12,14H,5-9H2,1-4H3. The molecule has 1 fully saturated rings. The molecule has 1 N–H and O–H groups in total. The summed E-state index contributed by atoms with van der Waals surface area (Å²) in [6.07, 6.45) is 5.86. The highest BCUT2D eigenvalue weighted by Crippen LogP contribution is 2.43. The maximum Gasteiger partial charge on any atom is 0.0701 e. The van der Waals surface area contributed by atoms with Crippen LogP contribution >= 0.6 is 0 Å². The lowest BCUT2D eigenvalue weighted by molar-refractivity contribution is -0.104. The zero-order valence-corrected chi connectivity index (χ0v) is 10.2. The molecule has 1 aliphatic rings. The first-order valence-corrected chi connectivity index (χ1v) is 6.24. The fourth-order valence-corrected chi connectivity index (χ4v) is 3.06. The second kappa shape index (κ2) is 4.65. The van der Waals surface area contributed by atoms with Crippen LogP contribution in [0.15, 0.2) is 0 Å². The van der Waals surface area contributed by atoms with Crippen molar-refractivity contribution in [2.75, 3.05) is 0 Å². The number of hydrogen-bond donors (Lipinski definition) is 1. The summed E-state index contributed by atoms with van der Waals surface area (Å²) in [5, 5.41) is 10.7. The van der Waals surface area contributed by atoms with Crippen molar-refractivity contribution in [2.24, 2.45) is 17.8 Å². The molecule has 0 saturated heterocycles. The lowest BCUT2D eigenvalue weighted by Gasteiger charge is -2.46. The minimum absolute atomic E-state index is 0.381. The van der Waals surface area contributed by atoms with E-state index < -0.39 is 0 Å². The Bertz CT molecular complexity index is 178. The molecule has 14 heavy (non-hydrogen) atoms. The van der Waals surface area contributed by atoms with Crippen molar-refractivity contribution in [3.8, 4) is 0 Å². The van der Waals surface area contributed by atoms with E-state index >= 15 is 0 Å². The molecule has 1 aliphatic carbocycles. The minimum Gasteiger partial charge on any atom is -0.389 e. The first-order valence-electron chi connectivity index (χ1n) is 6.24. The fraction of sp³-hybridized carbons (Fsp3) is 1.00. The lowest BCUT2D eigenvalue weighted by Crippen LogP contribution is -2.48. The van der Waals surface area contributed by atoms with Crippen LogP contribution in [0, 0.1) is 17.8 Å². The molecule has 1 nitrogen and oxygen atoms in total. The highest BCUT2D eigenvalue weighted by Gasteiger charge is 2.43. The van der Waals surface area contributed by atoms with Gasteiger partial charge < -0.3 is 5.11 Å². The molecule has 0 radical (unpaired) electrons. The van der Waals surface area contributed by atoms with Crippen molar-refractivity contribution < 1.29 is 5.11 Å². The van der Waals surface area contributed by atoms with E-state index in [9.17, 15) is 5.11 Å². The number of hydrogen-bond acceptors (Lipinski definition) is 1. The summed E-state index contributed by atoms with van der Waals surface area (Å²) >= 11 is 0. The van der Waals surface area contributed by atoms with Crippen LogP contribution in [0.2, 0.25) is 0 Å². The molecule has 0 aromatic carbocycles. The molecule has 0 aromatic rings. The highest BCUT2D eigenvalue weighted by molar-refractivity contribution is 4.94. The van der Waals surface area contributed by atoms with Crippen LogP contribution in [0.4, 0.5) is 0 Å². The van der Waals surface area contributed by atoms with Crippen molar-refractivity contribution in [1.29, 1.82) is 0 Å². The predicted octanol–water partition coefficient (Wildman–Crippen LogP) is 3.61. The minimum atomic E-state index is -0.381. The third-order valence-corrected chi connectivity index (χ3v) is 4.45. The summed E-state index contributed by atoms with van der Waals surface area (Å²) in [7, 11) is 0. The smallest absolute Gasteiger partial charge is 0.0701 e. The zero-order chi connectivity index (χ0) is 10.8. The number of aliphatic hydroxyl groups is 1. The molecule has 1 rings (SSSR count). The fourth-order valence-electron chi connectivity index (χ4n) is 3.06. The van der Waals surface area contributed by atoms with Gasteiger partial charge in [0.1, 0.15) is 0 Å². The normalized spacial score (nSPS) is 40.9. The first kappa shape index (κ1) is 12.0. The summed E-state index contributed by atoms with van der Waals surface area (Å²) in [4.78, 5) is 0. The van der Waals surface area contributed by atoms with Gasteiger partial charge in [0.05, 0.1) is 5.60 Å². The topological polar surface area (TPSA) is 20.2 Å². The molecule has 1 heteroatoms. The van der Waals surface area contributed by atoms with Crippen molar-refractivity contribution in [3.63, 3.8) is 0 Å². The van der Waals surface area contributed by atoms with E-state index in [0.717, 1.165) is 12.8 Å². The summed E-state index contributed by atoms with van der Waals surface area (Å²) in [5.74, 6) is 1.62. The molecule has 0 bridgehead atoms. The Morgan fingerprint density at radius 2 is 2.07 bits per heavy atom. The van der Waals surface area contributed by atoms with Crippen molar-refractivity contribution in [1.82, 2.24) is 0 Å². The van der Waals surface area contributed by atoms with Gasteiger partial charge in [0, 0.05) is 0 Å². The predicted molar refractivity (Wildman–Crippen MR) is 61.2 cm³/mol. The van der Waals surface area contributed by atoms with Gasteiger partial charge in [0.25, 0.3) is 0 Å². The van der Waals surface area contributed by atoms with E-state index in [1.807, 2.05) is 0 Å². The summed E-state index contributed by atoms with van der Waals surface area (Å²) in [6.45, 7) is 8.94. The Hall–Kier alpha value is -0.0400. The summed E-state index contributed by atoms with van der Waals surface area (Å²) in [5.41, 5.74) is -0.381. The van der Waals surface area contributed by atoms with Gasteiger partial charge in [-0.25, -0.2) is 0 Å². The Kier molecular flexibility index (Phi) is 4.00. The van der Waals surface area contributed by atoms with Crippen LogP contribution in [0.1, 0.15) is 59.8 Å². The molecule has 84 valence electrons. The molecule has 0 heterocycles. The Labute approximate surface area is 88.9 Å². The van der Waals surface area contributed by atoms with Gasteiger partial charge in [0.2, 0.25) is 0 Å². The Morgan fingerprint density at radius 3 is 2.64 bits per heavy atom. The average molecular weight is 198 g/mol. The van der Waals surface area contributed by atoms with E-state index in [1.165, 1.54) is 19.3 Å². The maximum atomic E-state index is 10.7. The van der Waals surface area contributed by atoms with Gasteiger partial charge in [0.15, 0.2) is 0 Å². The molecule has 0 spiro atoms. The van der Waals surface area contributed by atoms with Crippen LogP contribution in [0.5, 0.6) is 0 Å². The van der Waals surface area contributed by atoms with Crippen LogP contribution in [-0.4, -0.2) is 10.7 Å². The SMILES string of the molecule is CCCC(C)C1(O)CCCC(C)C1C. The zero-order valence-electron chi connectivity index (χ0n) is 10.2. The molecular formula is C13H26O. The molecule has 4 unspecified atom stereocenters. The quantitative estimate of drug-likeness (QED) is 0.734. The molecule has 0 aromatic heterocycles. The first-order chi connectivity index (χ1) is 6.52. The van der Waals surface area contributed by atoms with E-state index in [4.69, 9.17) is 0 Å². The summed E-state index contributed by atoms with van der Waals surface area (Å²) < 4.78 is 0. The average Bonchev–Trinajstić information content (AvgIpc) is 2.14. The van der Waals surface area contributed by atoms with E-state index in [1.54, 1.807) is 0 Å². The van der Waals surface area contributed by atoms with Crippen LogP contribution in [-0.2, 0) is 0 Å². The van der Waals surface area contributed by atoms with Crippen molar-refractivity contribution in [2.45, 2.75) is 65.4 Å². The second-order valence-electron chi connectivity index (χ2n) is 5.34. The largest absolute Gasteiger partial charge is 0.389 e. The van der Waals surface area contributed by atoms with Crippen LogP contribution in [0.25, 0.3) is 0 Å². The van der Waals surface area contributed by atoms with Gasteiger partial charge in [-0.15, -0.1) is 0 Å². The molecular weight excluding hydrogens is 172 g/mol. The lowest BCUT2D eigenvalue weighted by atomic mass is 9.64. The molecule has 0 aliphatic heterocycles. The van der Waals surface area contributed by atoms with Gasteiger partial charge in [-0.1, -0.05) is 47.0 Å². The van der Waals surface area contributed by atoms with Gasteiger partial charge in [-0.2, -0.15) is 0 Å². The van der Waals surface area contributed by atoms with E-state index in [-0.39, 0.29) is 5.60 Å². The van der Waals surface area contributed by atoms with Crippen LogP contribution < -0.4 is 0 Å². The van der Waals surface area contributed by atoms with Crippen molar-refractivity contribution in [3.05, 3.63) is 0 Å². The van der Waals surface area contributed by atoms with Gasteiger partial charge in [-0.05, 0) is 30.6 Å². The van der Waals surface area contributed by atoms with E-state index in [0.29, 0.717) is 17.8 Å². The second-order valence-corrected chi connectivity index (χ2v) is 5.34. The Morgan fingerprint density at radius 1 is 1.43 bits per heavy atom. The van der Waals surface area contributed by atoms with E-state index in [2.05, 4.69) is 27.7 Å². The highest BCUT2D eigenvalue weighted by atomic mass is 16.3. The summed E-state index contributed by atoms with van der Waals surface area (Å²) in [6, 6.07) is 0. The van der Waals surface area contributed by atoms with Crippen molar-refractivity contribution >= 4 is 0 Å². The molecule has 4 atom stereocenters. The van der Waals surface area contributed by atoms with Gasteiger partial charge >= 0.3 is 0 Å². The number of rotatable bonds is 3. The third kappa shape index (κ3) is 2.13. The maximum absolute atomic E-state index is 10.7. The molecule has 0 amide bonds. The van der Waals surface area contributed by atoms with Crippen LogP contribution in [0.3, 0.4) is 0 Å². The third-order valence-electron chi connectivity index (χ3n) is 4.45.